The van der Waals surface area contributed by atoms with Crippen LogP contribution in [0.4, 0.5) is 10.5 Å². The molecule has 0 spiro atoms. The summed E-state index contributed by atoms with van der Waals surface area (Å²) in [6.07, 6.45) is 0.606. The van der Waals surface area contributed by atoms with E-state index >= 15 is 0 Å². The number of primary sulfonamides is 1. The Labute approximate surface area is 192 Å². The smallest absolute Gasteiger partial charge is 0.338 e. The van der Waals surface area contributed by atoms with Crippen LogP contribution >= 0.6 is 0 Å². The SMILES string of the molecule is CCOC(=O)C1=C(CN2c3ccc(S(N)(=O)=O)cc3C[C@H]2C)NC(=O)N[C@H]1c1ccccc1. The molecule has 33 heavy (non-hydrogen) atoms. The first-order valence-electron chi connectivity index (χ1n) is 10.6. The Morgan fingerprint density at radius 1 is 1.21 bits per heavy atom. The number of urea groups is 1. The van der Waals surface area contributed by atoms with Gasteiger partial charge in [-0.3, -0.25) is 0 Å². The van der Waals surface area contributed by atoms with Crippen molar-refractivity contribution in [3.63, 3.8) is 0 Å². The minimum absolute atomic E-state index is 0.00800. The minimum Gasteiger partial charge on any atom is -0.463 e. The molecule has 4 rings (SSSR count). The molecule has 4 N–H and O–H groups in total. The predicted molar refractivity (Wildman–Crippen MR) is 123 cm³/mol. The number of nitrogens with one attached hydrogen (secondary N) is 2. The molecule has 0 aromatic heterocycles. The standard InChI is InChI=1S/C23H26N4O5S/c1-3-32-22(28)20-18(25-23(29)26-21(20)15-7-5-4-6-8-15)13-27-14(2)11-16-12-17(33(24,30)31)9-10-19(16)27/h4-10,12,14,21H,3,11,13H2,1-2H3,(H2,24,30,31)(H2,25,26,29)/t14-,21+/m1/s1. The van der Waals surface area contributed by atoms with Gasteiger partial charge in [-0.05, 0) is 49.6 Å². The summed E-state index contributed by atoms with van der Waals surface area (Å²) < 4.78 is 28.8. The first-order valence-corrected chi connectivity index (χ1v) is 12.2. The molecular formula is C23H26N4O5S. The van der Waals surface area contributed by atoms with Gasteiger partial charge < -0.3 is 20.3 Å². The molecule has 2 atom stereocenters. The van der Waals surface area contributed by atoms with E-state index in [2.05, 4.69) is 10.6 Å². The number of ether oxygens (including phenoxy) is 1. The highest BCUT2D eigenvalue weighted by atomic mass is 32.2. The average Bonchev–Trinajstić information content (AvgIpc) is 3.08. The highest BCUT2D eigenvalue weighted by molar-refractivity contribution is 7.89. The minimum atomic E-state index is -3.81. The molecule has 9 nitrogen and oxygen atoms in total. The van der Waals surface area contributed by atoms with Gasteiger partial charge in [0, 0.05) is 11.7 Å². The van der Waals surface area contributed by atoms with E-state index in [4.69, 9.17) is 9.88 Å². The van der Waals surface area contributed by atoms with E-state index in [1.54, 1.807) is 19.1 Å². The van der Waals surface area contributed by atoms with E-state index in [-0.39, 0.29) is 24.1 Å². The highest BCUT2D eigenvalue weighted by Crippen LogP contribution is 2.36. The van der Waals surface area contributed by atoms with Crippen molar-refractivity contribution in [2.75, 3.05) is 18.1 Å². The Hall–Kier alpha value is -3.37. The van der Waals surface area contributed by atoms with Crippen LogP contribution in [-0.4, -0.2) is 39.6 Å². The largest absolute Gasteiger partial charge is 0.463 e. The second kappa shape index (κ2) is 8.87. The van der Waals surface area contributed by atoms with Gasteiger partial charge in [0.1, 0.15) is 0 Å². The number of esters is 1. The number of hydrogen-bond donors (Lipinski definition) is 3. The molecule has 2 heterocycles. The molecule has 2 amide bonds. The number of rotatable bonds is 6. The molecule has 2 aromatic carbocycles. The van der Waals surface area contributed by atoms with Gasteiger partial charge in [-0.25, -0.2) is 23.1 Å². The predicted octanol–water partition coefficient (Wildman–Crippen LogP) is 1.96. The van der Waals surface area contributed by atoms with Crippen LogP contribution in [-0.2, 0) is 26.0 Å². The number of benzene rings is 2. The molecule has 0 radical (unpaired) electrons. The van der Waals surface area contributed by atoms with Gasteiger partial charge in [0.25, 0.3) is 0 Å². The van der Waals surface area contributed by atoms with Crippen molar-refractivity contribution in [1.82, 2.24) is 10.6 Å². The number of nitrogens with zero attached hydrogens (tertiary/aromatic N) is 1. The van der Waals surface area contributed by atoms with Crippen molar-refractivity contribution in [1.29, 1.82) is 0 Å². The summed E-state index contributed by atoms with van der Waals surface area (Å²) in [4.78, 5) is 27.6. The first-order chi connectivity index (χ1) is 15.7. The molecule has 10 heteroatoms. The van der Waals surface area contributed by atoms with E-state index < -0.39 is 28.1 Å². The van der Waals surface area contributed by atoms with Crippen LogP contribution in [0.25, 0.3) is 0 Å². The summed E-state index contributed by atoms with van der Waals surface area (Å²) in [6.45, 7) is 4.17. The summed E-state index contributed by atoms with van der Waals surface area (Å²) in [5.74, 6) is -0.509. The Balaban J connectivity index is 1.76. The molecule has 0 unspecified atom stereocenters. The van der Waals surface area contributed by atoms with Gasteiger partial charge in [-0.2, -0.15) is 0 Å². The monoisotopic (exact) mass is 470 g/mol. The van der Waals surface area contributed by atoms with Gasteiger partial charge >= 0.3 is 12.0 Å². The number of nitrogens with two attached hydrogens (primary N) is 1. The van der Waals surface area contributed by atoms with Crippen LogP contribution in [0.15, 0.2) is 64.7 Å². The summed E-state index contributed by atoms with van der Waals surface area (Å²) >= 11 is 0. The van der Waals surface area contributed by atoms with E-state index in [0.717, 1.165) is 16.8 Å². The van der Waals surface area contributed by atoms with Crippen molar-refractivity contribution in [2.45, 2.75) is 37.2 Å². The lowest BCUT2D eigenvalue weighted by Gasteiger charge is -2.33. The number of fused-ring (bicyclic) bond motifs is 1. The molecule has 2 aromatic rings. The summed E-state index contributed by atoms with van der Waals surface area (Å²) in [5.41, 5.74) is 3.22. The molecule has 2 aliphatic rings. The maximum atomic E-state index is 13.0. The van der Waals surface area contributed by atoms with E-state index in [0.29, 0.717) is 17.7 Å². The van der Waals surface area contributed by atoms with Gasteiger partial charge in [0.05, 0.1) is 35.4 Å². The molecule has 0 saturated carbocycles. The third-order valence-electron chi connectivity index (χ3n) is 5.85. The summed E-state index contributed by atoms with van der Waals surface area (Å²) in [6, 6.07) is 12.9. The number of carbonyl (C=O) groups excluding carboxylic acids is 2. The van der Waals surface area contributed by atoms with Crippen LogP contribution in [0.5, 0.6) is 0 Å². The van der Waals surface area contributed by atoms with Gasteiger partial charge in [0.15, 0.2) is 0 Å². The summed E-state index contributed by atoms with van der Waals surface area (Å²) in [7, 11) is -3.81. The molecule has 0 bridgehead atoms. The average molecular weight is 471 g/mol. The second-order valence-electron chi connectivity index (χ2n) is 8.07. The fraction of sp³-hybridized carbons (Fsp3) is 0.304. The van der Waals surface area contributed by atoms with Crippen molar-refractivity contribution >= 4 is 27.7 Å². The first kappa shape index (κ1) is 22.8. The molecule has 0 fully saturated rings. The fourth-order valence-corrected chi connectivity index (χ4v) is 4.91. The Morgan fingerprint density at radius 3 is 2.61 bits per heavy atom. The second-order valence-corrected chi connectivity index (χ2v) is 9.63. The lowest BCUT2D eigenvalue weighted by Crippen LogP contribution is -2.49. The van der Waals surface area contributed by atoms with Crippen molar-refractivity contribution in [3.05, 3.63) is 70.9 Å². The maximum Gasteiger partial charge on any atom is 0.338 e. The molecule has 0 aliphatic carbocycles. The zero-order valence-electron chi connectivity index (χ0n) is 18.4. The molecule has 174 valence electrons. The van der Waals surface area contributed by atoms with Gasteiger partial charge in [-0.1, -0.05) is 30.3 Å². The molecular weight excluding hydrogens is 444 g/mol. The fourth-order valence-electron chi connectivity index (χ4n) is 4.35. The topological polar surface area (TPSA) is 131 Å². The number of sulfonamides is 1. The van der Waals surface area contributed by atoms with Crippen LogP contribution in [0.2, 0.25) is 0 Å². The summed E-state index contributed by atoms with van der Waals surface area (Å²) in [5, 5.41) is 10.9. The lowest BCUT2D eigenvalue weighted by molar-refractivity contribution is -0.139. The number of amides is 2. The molecule has 0 saturated heterocycles. The van der Waals surface area contributed by atoms with Crippen molar-refractivity contribution < 1.29 is 22.7 Å². The van der Waals surface area contributed by atoms with E-state index in [1.165, 1.54) is 6.07 Å². The normalized spacial score (nSPS) is 20.2. The maximum absolute atomic E-state index is 13.0. The van der Waals surface area contributed by atoms with Crippen LogP contribution in [0.3, 0.4) is 0 Å². The van der Waals surface area contributed by atoms with Crippen molar-refractivity contribution in [3.8, 4) is 0 Å². The van der Waals surface area contributed by atoms with Crippen LogP contribution in [0, 0.1) is 0 Å². The zero-order valence-corrected chi connectivity index (χ0v) is 19.2. The third kappa shape index (κ3) is 4.57. The third-order valence-corrected chi connectivity index (χ3v) is 6.76. The van der Waals surface area contributed by atoms with E-state index in [9.17, 15) is 18.0 Å². The van der Waals surface area contributed by atoms with Crippen LogP contribution < -0.4 is 20.7 Å². The number of hydrogen-bond acceptors (Lipinski definition) is 6. The zero-order chi connectivity index (χ0) is 23.8. The lowest BCUT2D eigenvalue weighted by atomic mass is 9.95. The Kier molecular flexibility index (Phi) is 6.13. The number of carbonyl (C=O) groups is 2. The van der Waals surface area contributed by atoms with E-state index in [1.807, 2.05) is 42.2 Å². The van der Waals surface area contributed by atoms with Crippen molar-refractivity contribution in [2.24, 2.45) is 5.14 Å². The Morgan fingerprint density at radius 2 is 1.94 bits per heavy atom. The molecule has 2 aliphatic heterocycles. The van der Waals surface area contributed by atoms with Crippen LogP contribution in [0.1, 0.15) is 31.0 Å². The van der Waals surface area contributed by atoms with Gasteiger partial charge in [-0.15, -0.1) is 0 Å². The number of anilines is 1. The highest BCUT2D eigenvalue weighted by Gasteiger charge is 2.36. The Bertz CT molecular complexity index is 1230. The quantitative estimate of drug-likeness (QED) is 0.553. The van der Waals surface area contributed by atoms with Gasteiger partial charge in [0.2, 0.25) is 10.0 Å².